The van der Waals surface area contributed by atoms with Crippen LogP contribution in [0.25, 0.3) is 11.0 Å². The van der Waals surface area contributed by atoms with Gasteiger partial charge in [-0.25, -0.2) is 4.98 Å². The van der Waals surface area contributed by atoms with Crippen LogP contribution in [0.3, 0.4) is 0 Å². The SMILES string of the molecule is O=C(CC1C(=O)N(Cc2ccco2)c2nc3ccccc3n21)Nc1ccc2c(c1)OCO2. The van der Waals surface area contributed by atoms with Crippen molar-refractivity contribution in [1.82, 2.24) is 9.55 Å². The van der Waals surface area contributed by atoms with Gasteiger partial charge in [-0.05, 0) is 36.4 Å². The van der Waals surface area contributed by atoms with Crippen LogP contribution in [-0.4, -0.2) is 28.2 Å². The molecule has 1 unspecified atom stereocenters. The van der Waals surface area contributed by atoms with Crippen molar-refractivity contribution in [2.75, 3.05) is 17.0 Å². The van der Waals surface area contributed by atoms with E-state index in [2.05, 4.69) is 10.3 Å². The summed E-state index contributed by atoms with van der Waals surface area (Å²) in [7, 11) is 0. The van der Waals surface area contributed by atoms with Gasteiger partial charge in [-0.1, -0.05) is 12.1 Å². The molecule has 1 atom stereocenters. The molecule has 4 aromatic rings. The molecule has 9 nitrogen and oxygen atoms in total. The highest BCUT2D eigenvalue weighted by molar-refractivity contribution is 6.05. The van der Waals surface area contributed by atoms with Crippen LogP contribution in [0.2, 0.25) is 0 Å². The van der Waals surface area contributed by atoms with Crippen LogP contribution in [0.4, 0.5) is 11.6 Å². The molecule has 6 rings (SSSR count). The van der Waals surface area contributed by atoms with E-state index < -0.39 is 6.04 Å². The summed E-state index contributed by atoms with van der Waals surface area (Å²) in [6.45, 7) is 0.404. The first-order valence-electron chi connectivity index (χ1n) is 10.2. The molecule has 0 saturated carbocycles. The number of imidazole rings is 1. The fourth-order valence-electron chi connectivity index (χ4n) is 4.17. The number of anilines is 2. The van der Waals surface area contributed by atoms with Gasteiger partial charge in [0.2, 0.25) is 18.6 Å². The van der Waals surface area contributed by atoms with E-state index in [0.717, 1.165) is 11.0 Å². The number of fused-ring (bicyclic) bond motifs is 4. The number of para-hydroxylation sites is 2. The largest absolute Gasteiger partial charge is 0.467 e. The number of nitrogens with zero attached hydrogens (tertiary/aromatic N) is 3. The smallest absolute Gasteiger partial charge is 0.253 e. The summed E-state index contributed by atoms with van der Waals surface area (Å²) < 4.78 is 17.9. The third-order valence-corrected chi connectivity index (χ3v) is 5.61. The van der Waals surface area contributed by atoms with Gasteiger partial charge < -0.3 is 19.2 Å². The molecule has 0 aliphatic carbocycles. The molecular formula is C23H18N4O5. The van der Waals surface area contributed by atoms with Crippen molar-refractivity contribution in [3.63, 3.8) is 0 Å². The minimum Gasteiger partial charge on any atom is -0.467 e. The molecule has 0 fully saturated rings. The number of benzene rings is 2. The predicted octanol–water partition coefficient (Wildman–Crippen LogP) is 3.47. The number of ether oxygens (including phenoxy) is 2. The van der Waals surface area contributed by atoms with Crippen molar-refractivity contribution in [3.05, 3.63) is 66.6 Å². The second-order valence-corrected chi connectivity index (χ2v) is 7.61. The fraction of sp³-hybridized carbons (Fsp3) is 0.174. The fourth-order valence-corrected chi connectivity index (χ4v) is 4.17. The Balaban J connectivity index is 1.30. The number of amides is 2. The lowest BCUT2D eigenvalue weighted by atomic mass is 10.1. The molecule has 0 spiro atoms. The summed E-state index contributed by atoms with van der Waals surface area (Å²) in [5, 5.41) is 2.85. The predicted molar refractivity (Wildman–Crippen MR) is 114 cm³/mol. The third-order valence-electron chi connectivity index (χ3n) is 5.61. The minimum absolute atomic E-state index is 0.0325. The summed E-state index contributed by atoms with van der Waals surface area (Å²) >= 11 is 0. The van der Waals surface area contributed by atoms with Crippen LogP contribution in [0.1, 0.15) is 18.2 Å². The lowest BCUT2D eigenvalue weighted by molar-refractivity contribution is -0.124. The van der Waals surface area contributed by atoms with Crippen molar-refractivity contribution < 1.29 is 23.5 Å². The van der Waals surface area contributed by atoms with Gasteiger partial charge in [-0.15, -0.1) is 0 Å². The molecule has 2 aliphatic heterocycles. The molecule has 160 valence electrons. The quantitative estimate of drug-likeness (QED) is 0.521. The molecule has 32 heavy (non-hydrogen) atoms. The Bertz CT molecular complexity index is 1340. The van der Waals surface area contributed by atoms with Gasteiger partial charge in [0.25, 0.3) is 5.91 Å². The molecule has 4 heterocycles. The number of hydrogen-bond donors (Lipinski definition) is 1. The number of aromatic nitrogens is 2. The average molecular weight is 430 g/mol. The third kappa shape index (κ3) is 2.97. The minimum atomic E-state index is -0.707. The molecule has 1 N–H and O–H groups in total. The lowest BCUT2D eigenvalue weighted by Gasteiger charge is -2.15. The topological polar surface area (TPSA) is 98.8 Å². The van der Waals surface area contributed by atoms with Crippen LogP contribution < -0.4 is 19.7 Å². The van der Waals surface area contributed by atoms with E-state index >= 15 is 0 Å². The number of carbonyl (C=O) groups excluding carboxylic acids is 2. The van der Waals surface area contributed by atoms with Crippen LogP contribution >= 0.6 is 0 Å². The zero-order chi connectivity index (χ0) is 21.7. The number of rotatable bonds is 5. The van der Waals surface area contributed by atoms with E-state index in [4.69, 9.17) is 13.9 Å². The van der Waals surface area contributed by atoms with Crippen molar-refractivity contribution in [2.45, 2.75) is 19.0 Å². The molecular weight excluding hydrogens is 412 g/mol. The van der Waals surface area contributed by atoms with Crippen molar-refractivity contribution in [1.29, 1.82) is 0 Å². The molecule has 2 amide bonds. The van der Waals surface area contributed by atoms with Gasteiger partial charge in [-0.3, -0.25) is 19.1 Å². The van der Waals surface area contributed by atoms with Crippen molar-refractivity contribution >= 4 is 34.5 Å². The Morgan fingerprint density at radius 3 is 2.84 bits per heavy atom. The van der Waals surface area contributed by atoms with Gasteiger partial charge in [0.05, 0.1) is 30.3 Å². The first-order valence-corrected chi connectivity index (χ1v) is 10.2. The summed E-state index contributed by atoms with van der Waals surface area (Å²) in [6.07, 6.45) is 1.53. The zero-order valence-electron chi connectivity index (χ0n) is 16.9. The zero-order valence-corrected chi connectivity index (χ0v) is 16.9. The maximum absolute atomic E-state index is 13.3. The molecule has 9 heteroatoms. The monoisotopic (exact) mass is 430 g/mol. The van der Waals surface area contributed by atoms with E-state index in [-0.39, 0.29) is 31.6 Å². The second-order valence-electron chi connectivity index (χ2n) is 7.61. The number of hydrogen-bond acceptors (Lipinski definition) is 6. The van der Waals surface area contributed by atoms with E-state index in [1.807, 2.05) is 28.8 Å². The Morgan fingerprint density at radius 2 is 1.97 bits per heavy atom. The van der Waals surface area contributed by atoms with Crippen LogP contribution in [0.5, 0.6) is 11.5 Å². The molecule has 2 aromatic heterocycles. The van der Waals surface area contributed by atoms with Crippen LogP contribution in [-0.2, 0) is 16.1 Å². The average Bonchev–Trinajstić information content (AvgIpc) is 3.57. The summed E-state index contributed by atoms with van der Waals surface area (Å²) in [5.74, 6) is 1.88. The first kappa shape index (κ1) is 18.5. The van der Waals surface area contributed by atoms with E-state index in [9.17, 15) is 9.59 Å². The van der Waals surface area contributed by atoms with Crippen molar-refractivity contribution in [2.24, 2.45) is 0 Å². The molecule has 0 saturated heterocycles. The van der Waals surface area contributed by atoms with E-state index in [1.54, 1.807) is 41.5 Å². The van der Waals surface area contributed by atoms with Gasteiger partial charge >= 0.3 is 0 Å². The normalized spacial score (nSPS) is 16.6. The maximum Gasteiger partial charge on any atom is 0.253 e. The molecule has 0 radical (unpaired) electrons. The highest BCUT2D eigenvalue weighted by atomic mass is 16.7. The molecule has 0 bridgehead atoms. The van der Waals surface area contributed by atoms with E-state index in [0.29, 0.717) is 28.9 Å². The lowest BCUT2D eigenvalue weighted by Crippen LogP contribution is -2.31. The van der Waals surface area contributed by atoms with Crippen molar-refractivity contribution in [3.8, 4) is 11.5 Å². The van der Waals surface area contributed by atoms with Crippen LogP contribution in [0, 0.1) is 0 Å². The first-order chi connectivity index (χ1) is 15.7. The Labute approximate surface area is 182 Å². The van der Waals surface area contributed by atoms with E-state index in [1.165, 1.54) is 0 Å². The second kappa shape index (κ2) is 7.16. The van der Waals surface area contributed by atoms with Gasteiger partial charge in [-0.2, -0.15) is 0 Å². The van der Waals surface area contributed by atoms with Gasteiger partial charge in [0.1, 0.15) is 11.8 Å². The van der Waals surface area contributed by atoms with Gasteiger partial charge in [0.15, 0.2) is 11.5 Å². The number of furan rings is 1. The summed E-state index contributed by atoms with van der Waals surface area (Å²) in [4.78, 5) is 32.5. The molecule has 2 aliphatic rings. The highest BCUT2D eigenvalue weighted by Gasteiger charge is 2.41. The standard InChI is InChI=1S/C23H18N4O5/c28-21(24-14-7-8-19-20(10-14)32-13-31-19)11-18-22(29)26(12-15-4-3-9-30-15)23-25-16-5-1-2-6-17(16)27(18)23/h1-10,18H,11-13H2,(H,24,28). The highest BCUT2D eigenvalue weighted by Crippen LogP contribution is 2.38. The Morgan fingerprint density at radius 1 is 1.09 bits per heavy atom. The maximum atomic E-state index is 13.3. The summed E-state index contributed by atoms with van der Waals surface area (Å²) in [6, 6.07) is 15.6. The number of nitrogens with one attached hydrogen (secondary N) is 1. The van der Waals surface area contributed by atoms with Crippen LogP contribution in [0.15, 0.2) is 65.3 Å². The molecule has 2 aromatic carbocycles. The summed E-state index contributed by atoms with van der Waals surface area (Å²) in [5.41, 5.74) is 2.15. The van der Waals surface area contributed by atoms with Gasteiger partial charge in [0, 0.05) is 11.8 Å². The Hall–Kier alpha value is -4.27. The Kier molecular flexibility index (Phi) is 4.14. The number of carbonyl (C=O) groups is 2.